The smallest absolute Gasteiger partial charge is 0.307 e. The van der Waals surface area contributed by atoms with Crippen molar-refractivity contribution in [1.29, 1.82) is 0 Å². The highest BCUT2D eigenvalue weighted by Crippen LogP contribution is 2.04. The first kappa shape index (κ1) is 23.5. The van der Waals surface area contributed by atoms with Gasteiger partial charge in [0.15, 0.2) is 0 Å². The second-order valence-electron chi connectivity index (χ2n) is 4.69. The van der Waals surface area contributed by atoms with E-state index >= 15 is 0 Å². The Morgan fingerprint density at radius 1 is 0.958 bits per heavy atom. The van der Waals surface area contributed by atoms with Gasteiger partial charge in [-0.25, -0.2) is 21.6 Å². The SMILES string of the molecule is CCOC(=O)CCCOC(=O)CCNS(=O)(=O)CCCS(=O)(=O)I. The van der Waals surface area contributed by atoms with Crippen LogP contribution in [0.5, 0.6) is 0 Å². The lowest BCUT2D eigenvalue weighted by molar-refractivity contribution is -0.147. The molecular formula is C12H22INO8S2. The fraction of sp³-hybridized carbons (Fsp3) is 0.833. The van der Waals surface area contributed by atoms with Gasteiger partial charge in [-0.3, -0.25) is 9.59 Å². The van der Waals surface area contributed by atoms with Gasteiger partial charge in [-0.15, -0.1) is 0 Å². The number of rotatable bonds is 13. The fourth-order valence-corrected chi connectivity index (χ4v) is 4.20. The maximum absolute atomic E-state index is 11.6. The van der Waals surface area contributed by atoms with Gasteiger partial charge in [0.25, 0.3) is 0 Å². The summed E-state index contributed by atoms with van der Waals surface area (Å²) in [7, 11) is -6.86. The van der Waals surface area contributed by atoms with Crippen LogP contribution in [0.4, 0.5) is 0 Å². The Morgan fingerprint density at radius 2 is 1.58 bits per heavy atom. The van der Waals surface area contributed by atoms with Crippen LogP contribution in [0, 0.1) is 0 Å². The molecule has 0 bridgehead atoms. The van der Waals surface area contributed by atoms with Gasteiger partial charge in [-0.1, -0.05) is 0 Å². The minimum absolute atomic E-state index is 0.0150. The van der Waals surface area contributed by atoms with Crippen molar-refractivity contribution in [3.05, 3.63) is 0 Å². The number of hydrogen-bond acceptors (Lipinski definition) is 8. The fourth-order valence-electron chi connectivity index (χ4n) is 1.51. The van der Waals surface area contributed by atoms with Crippen molar-refractivity contribution >= 4 is 50.2 Å². The molecule has 0 saturated carbocycles. The molecule has 12 heteroatoms. The summed E-state index contributed by atoms with van der Waals surface area (Å²) in [4.78, 5) is 22.4. The van der Waals surface area contributed by atoms with Crippen LogP contribution in [0.2, 0.25) is 0 Å². The van der Waals surface area contributed by atoms with Gasteiger partial charge in [-0.2, -0.15) is 0 Å². The summed E-state index contributed by atoms with van der Waals surface area (Å²) < 4.78 is 56.7. The first-order valence-corrected chi connectivity index (χ1v) is 13.1. The van der Waals surface area contributed by atoms with E-state index in [0.717, 1.165) is 0 Å². The molecule has 0 atom stereocenters. The number of hydrogen-bond donors (Lipinski definition) is 1. The second-order valence-corrected chi connectivity index (χ2v) is 12.1. The first-order chi connectivity index (χ1) is 11.1. The predicted molar refractivity (Wildman–Crippen MR) is 95.7 cm³/mol. The molecule has 0 radical (unpaired) electrons. The first-order valence-electron chi connectivity index (χ1n) is 7.26. The molecule has 24 heavy (non-hydrogen) atoms. The van der Waals surface area contributed by atoms with Crippen LogP contribution < -0.4 is 4.72 Å². The van der Waals surface area contributed by atoms with Crippen LogP contribution >= 0.6 is 21.2 Å². The Bertz CT molecular complexity index is 603. The summed E-state index contributed by atoms with van der Waals surface area (Å²) in [5.74, 6) is -1.51. The molecule has 0 aliphatic rings. The quantitative estimate of drug-likeness (QED) is 0.166. The largest absolute Gasteiger partial charge is 0.466 e. The summed E-state index contributed by atoms with van der Waals surface area (Å²) in [6.45, 7) is 1.91. The molecule has 0 unspecified atom stereocenters. The third-order valence-electron chi connectivity index (χ3n) is 2.55. The molecule has 0 fully saturated rings. The van der Waals surface area contributed by atoms with Gasteiger partial charge in [0.1, 0.15) is 0 Å². The minimum atomic E-state index is -3.63. The van der Waals surface area contributed by atoms with Crippen molar-refractivity contribution in [3.63, 3.8) is 0 Å². The van der Waals surface area contributed by atoms with Crippen LogP contribution in [-0.4, -0.2) is 60.0 Å². The summed E-state index contributed by atoms with van der Waals surface area (Å²) >= 11 is 1.26. The van der Waals surface area contributed by atoms with Crippen molar-refractivity contribution in [3.8, 4) is 0 Å². The number of ether oxygens (including phenoxy) is 2. The van der Waals surface area contributed by atoms with E-state index in [1.165, 1.54) is 21.2 Å². The van der Waals surface area contributed by atoms with Crippen LogP contribution in [0.3, 0.4) is 0 Å². The van der Waals surface area contributed by atoms with Crippen LogP contribution in [0.25, 0.3) is 0 Å². The zero-order chi connectivity index (χ0) is 18.6. The molecule has 0 aliphatic carbocycles. The van der Waals surface area contributed by atoms with Crippen molar-refractivity contribution in [2.75, 3.05) is 31.3 Å². The standard InChI is InChI=1S/C12H22INO8S2/c1-2-21-11(15)5-3-8-22-12(16)6-7-14-24(19,20)10-4-9-23(13,17)18/h14H,2-10H2,1H3. The van der Waals surface area contributed by atoms with Gasteiger partial charge in [0.05, 0.1) is 52.3 Å². The van der Waals surface area contributed by atoms with Crippen molar-refractivity contribution in [1.82, 2.24) is 4.72 Å². The molecule has 0 aromatic heterocycles. The van der Waals surface area contributed by atoms with E-state index in [2.05, 4.69) is 4.72 Å². The van der Waals surface area contributed by atoms with E-state index in [4.69, 9.17) is 9.47 Å². The maximum atomic E-state index is 11.6. The van der Waals surface area contributed by atoms with E-state index in [0.29, 0.717) is 13.0 Å². The van der Waals surface area contributed by atoms with Crippen LogP contribution in [-0.2, 0) is 36.1 Å². The normalized spacial score (nSPS) is 11.9. The summed E-state index contributed by atoms with van der Waals surface area (Å²) in [5, 5.41) is 0. The Balaban J connectivity index is 3.81. The molecule has 9 nitrogen and oxygen atoms in total. The summed E-state index contributed by atoms with van der Waals surface area (Å²) in [6, 6.07) is 0. The number of nitrogens with one attached hydrogen (secondary N) is 1. The van der Waals surface area contributed by atoms with E-state index in [-0.39, 0.29) is 49.9 Å². The number of sulfonamides is 1. The molecule has 0 spiro atoms. The molecule has 0 aromatic rings. The molecule has 0 saturated heterocycles. The van der Waals surface area contributed by atoms with Gasteiger partial charge < -0.3 is 9.47 Å². The number of esters is 2. The van der Waals surface area contributed by atoms with E-state index in [9.17, 15) is 26.4 Å². The minimum Gasteiger partial charge on any atom is -0.466 e. The highest BCUT2D eigenvalue weighted by molar-refractivity contribution is 14.2. The van der Waals surface area contributed by atoms with Gasteiger partial charge in [0.2, 0.25) is 17.0 Å². The molecule has 0 rings (SSSR count). The average Bonchev–Trinajstić information content (AvgIpc) is 2.42. The Labute approximate surface area is 154 Å². The van der Waals surface area contributed by atoms with Crippen molar-refractivity contribution in [2.24, 2.45) is 0 Å². The monoisotopic (exact) mass is 499 g/mol. The lowest BCUT2D eigenvalue weighted by Gasteiger charge is -2.07. The molecule has 1 N–H and O–H groups in total. The Morgan fingerprint density at radius 3 is 2.17 bits per heavy atom. The third-order valence-corrected chi connectivity index (χ3v) is 6.11. The highest BCUT2D eigenvalue weighted by atomic mass is 127. The summed E-state index contributed by atoms with van der Waals surface area (Å²) in [5.41, 5.74) is 0. The van der Waals surface area contributed by atoms with Crippen LogP contribution in [0.1, 0.15) is 32.6 Å². The lowest BCUT2D eigenvalue weighted by atomic mass is 10.3. The Hall–Kier alpha value is -0.470. The van der Waals surface area contributed by atoms with Crippen molar-refractivity contribution < 1.29 is 35.9 Å². The predicted octanol–water partition coefficient (Wildman–Crippen LogP) is 0.337. The molecule has 0 aromatic carbocycles. The van der Waals surface area contributed by atoms with E-state index in [1.54, 1.807) is 6.92 Å². The number of carbonyl (C=O) groups excluding carboxylic acids is 2. The molecular weight excluding hydrogens is 477 g/mol. The zero-order valence-electron chi connectivity index (χ0n) is 13.3. The van der Waals surface area contributed by atoms with Gasteiger partial charge >= 0.3 is 11.9 Å². The summed E-state index contributed by atoms with van der Waals surface area (Å²) in [6.07, 6.45) is 0.316. The molecule has 0 heterocycles. The molecule has 142 valence electrons. The van der Waals surface area contributed by atoms with Gasteiger partial charge in [-0.05, 0) is 19.8 Å². The highest BCUT2D eigenvalue weighted by Gasteiger charge is 2.13. The lowest BCUT2D eigenvalue weighted by Crippen LogP contribution is -2.29. The van der Waals surface area contributed by atoms with E-state index in [1.807, 2.05) is 0 Å². The van der Waals surface area contributed by atoms with E-state index < -0.39 is 23.0 Å². The second kappa shape index (κ2) is 12.0. The van der Waals surface area contributed by atoms with Gasteiger partial charge in [0, 0.05) is 13.0 Å². The average molecular weight is 499 g/mol. The number of halogens is 1. The topological polar surface area (TPSA) is 133 Å². The molecule has 0 amide bonds. The zero-order valence-corrected chi connectivity index (χ0v) is 17.1. The number of carbonyl (C=O) groups is 2. The van der Waals surface area contributed by atoms with Crippen molar-refractivity contribution in [2.45, 2.75) is 32.6 Å². The third kappa shape index (κ3) is 15.1. The van der Waals surface area contributed by atoms with Crippen LogP contribution in [0.15, 0.2) is 0 Å². The molecule has 0 aliphatic heterocycles. The maximum Gasteiger partial charge on any atom is 0.307 e. The Kier molecular flexibility index (Phi) is 11.7.